The van der Waals surface area contributed by atoms with Gasteiger partial charge in [0.2, 0.25) is 0 Å². The third kappa shape index (κ3) is 2.75. The number of sulfonamides is 1. The Labute approximate surface area is 140 Å². The Morgan fingerprint density at radius 3 is 2.71 bits per heavy atom. The van der Waals surface area contributed by atoms with Crippen LogP contribution in [0.25, 0.3) is 0 Å². The zero-order valence-electron chi connectivity index (χ0n) is 13.5. The van der Waals surface area contributed by atoms with Gasteiger partial charge in [-0.25, -0.2) is 14.3 Å². The summed E-state index contributed by atoms with van der Waals surface area (Å²) in [5.74, 6) is -0.429. The Bertz CT molecular complexity index is 888. The highest BCUT2D eigenvalue weighted by atomic mass is 32.2. The Morgan fingerprint density at radius 2 is 2.08 bits per heavy atom. The van der Waals surface area contributed by atoms with Gasteiger partial charge in [-0.2, -0.15) is 8.42 Å². The molecule has 0 aliphatic carbocycles. The van der Waals surface area contributed by atoms with E-state index in [0.29, 0.717) is 19.4 Å². The molecule has 3 heterocycles. The molecule has 24 heavy (non-hydrogen) atoms. The van der Waals surface area contributed by atoms with Crippen LogP contribution in [0.5, 0.6) is 0 Å². The maximum absolute atomic E-state index is 13.0. The lowest BCUT2D eigenvalue weighted by atomic mass is 10.1. The van der Waals surface area contributed by atoms with Crippen LogP contribution in [0.2, 0.25) is 0 Å². The minimum atomic E-state index is -3.84. The van der Waals surface area contributed by atoms with E-state index in [2.05, 4.69) is 9.97 Å². The first-order valence-electron chi connectivity index (χ1n) is 7.66. The van der Waals surface area contributed by atoms with Crippen LogP contribution in [0.4, 0.5) is 5.82 Å². The van der Waals surface area contributed by atoms with E-state index in [1.54, 1.807) is 10.6 Å². The van der Waals surface area contributed by atoms with E-state index in [-0.39, 0.29) is 22.6 Å². The summed E-state index contributed by atoms with van der Waals surface area (Å²) in [6, 6.07) is 3.33. The zero-order valence-corrected chi connectivity index (χ0v) is 14.3. The highest BCUT2D eigenvalue weighted by molar-refractivity contribution is 7.92. The molecule has 9 heteroatoms. The van der Waals surface area contributed by atoms with Crippen LogP contribution in [0.3, 0.4) is 0 Å². The molecule has 0 bridgehead atoms. The largest absolute Gasteiger partial charge is 0.364 e. The Kier molecular flexibility index (Phi) is 4.04. The van der Waals surface area contributed by atoms with Gasteiger partial charge in [0, 0.05) is 18.8 Å². The minimum absolute atomic E-state index is 0.0321. The van der Waals surface area contributed by atoms with E-state index in [9.17, 15) is 13.2 Å². The minimum Gasteiger partial charge on any atom is -0.364 e. The molecule has 0 aromatic carbocycles. The zero-order chi connectivity index (χ0) is 17.5. The van der Waals surface area contributed by atoms with Gasteiger partial charge >= 0.3 is 0 Å². The lowest BCUT2D eigenvalue weighted by molar-refractivity contribution is 0.0995. The summed E-state index contributed by atoms with van der Waals surface area (Å²) in [5, 5.41) is -0.0321. The molecule has 0 spiro atoms. The van der Waals surface area contributed by atoms with Crippen LogP contribution in [-0.2, 0) is 16.4 Å². The molecule has 0 saturated carbocycles. The van der Waals surface area contributed by atoms with Gasteiger partial charge in [-0.15, -0.1) is 0 Å². The number of carbonyl (C=O) groups is 1. The molecule has 2 N–H and O–H groups in total. The molecule has 8 nitrogen and oxygen atoms in total. The van der Waals surface area contributed by atoms with Gasteiger partial charge < -0.3 is 10.3 Å². The van der Waals surface area contributed by atoms with Crippen LogP contribution in [-0.4, -0.2) is 35.4 Å². The molecule has 1 amide bonds. The van der Waals surface area contributed by atoms with Crippen LogP contribution < -0.4 is 10.0 Å². The number of nitrogens with zero attached hydrogens (tertiary/aromatic N) is 4. The van der Waals surface area contributed by atoms with E-state index < -0.39 is 15.9 Å². The summed E-state index contributed by atoms with van der Waals surface area (Å²) < 4.78 is 28.9. The maximum atomic E-state index is 13.0. The smallest absolute Gasteiger partial charge is 0.284 e. The molecule has 0 radical (unpaired) electrons. The summed E-state index contributed by atoms with van der Waals surface area (Å²) in [6.45, 7) is 4.17. The average Bonchev–Trinajstić information content (AvgIpc) is 3.04. The molecular weight excluding hydrogens is 330 g/mol. The van der Waals surface area contributed by atoms with Gasteiger partial charge in [-0.3, -0.25) is 4.79 Å². The highest BCUT2D eigenvalue weighted by Gasteiger charge is 2.32. The van der Waals surface area contributed by atoms with Crippen LogP contribution in [0, 0.1) is 0 Å². The maximum Gasteiger partial charge on any atom is 0.284 e. The molecule has 0 unspecified atom stereocenters. The van der Waals surface area contributed by atoms with Crippen molar-refractivity contribution >= 4 is 21.7 Å². The SMILES string of the molecule is CC(C)n1cnc(S(=O)(=O)N2CCCc3ccc(C(N)=O)nc32)c1. The number of nitrogens with two attached hydrogens (primary N) is 1. The second-order valence-corrected chi connectivity index (χ2v) is 7.79. The van der Waals surface area contributed by atoms with Gasteiger partial charge in [0.15, 0.2) is 5.03 Å². The molecule has 2 aromatic rings. The van der Waals surface area contributed by atoms with Crippen molar-refractivity contribution in [3.8, 4) is 0 Å². The number of fused-ring (bicyclic) bond motifs is 1. The number of hydrogen-bond donors (Lipinski definition) is 1. The third-order valence-corrected chi connectivity index (χ3v) is 5.66. The standard InChI is InChI=1S/C15H19N5O3S/c1-10(2)19-8-13(17-9-19)24(22,23)20-7-3-4-11-5-6-12(14(16)21)18-15(11)20/h5-6,8-10H,3-4,7H2,1-2H3,(H2,16,21). The topological polar surface area (TPSA) is 111 Å². The van der Waals surface area contributed by atoms with Crippen molar-refractivity contribution < 1.29 is 13.2 Å². The molecule has 3 rings (SSSR count). The molecular formula is C15H19N5O3S. The second kappa shape index (κ2) is 5.90. The normalized spacial score (nSPS) is 14.7. The molecule has 128 valence electrons. The van der Waals surface area contributed by atoms with Crippen molar-refractivity contribution in [2.75, 3.05) is 10.8 Å². The third-order valence-electron chi connectivity index (χ3n) is 3.98. The van der Waals surface area contributed by atoms with E-state index >= 15 is 0 Å². The van der Waals surface area contributed by atoms with Crippen LogP contribution >= 0.6 is 0 Å². The number of aryl methyl sites for hydroxylation is 1. The molecule has 0 fully saturated rings. The highest BCUT2D eigenvalue weighted by Crippen LogP contribution is 2.30. The van der Waals surface area contributed by atoms with Crippen molar-refractivity contribution in [3.05, 3.63) is 35.9 Å². The predicted molar refractivity (Wildman–Crippen MR) is 88.2 cm³/mol. The quantitative estimate of drug-likeness (QED) is 0.888. The molecule has 0 atom stereocenters. The van der Waals surface area contributed by atoms with E-state index in [1.807, 2.05) is 13.8 Å². The number of hydrogen-bond acceptors (Lipinski definition) is 5. The number of rotatable bonds is 4. The summed E-state index contributed by atoms with van der Waals surface area (Å²) in [5.41, 5.74) is 6.09. The average molecular weight is 349 g/mol. The number of primary amides is 1. The van der Waals surface area contributed by atoms with Crippen molar-refractivity contribution in [2.24, 2.45) is 5.73 Å². The fourth-order valence-corrected chi connectivity index (χ4v) is 4.04. The molecule has 2 aromatic heterocycles. The number of amides is 1. The van der Waals surface area contributed by atoms with Gasteiger partial charge in [0.1, 0.15) is 11.5 Å². The summed E-state index contributed by atoms with van der Waals surface area (Å²) in [4.78, 5) is 19.6. The second-order valence-electron chi connectivity index (χ2n) is 5.98. The van der Waals surface area contributed by atoms with E-state index in [0.717, 1.165) is 5.56 Å². The van der Waals surface area contributed by atoms with Gasteiger partial charge in [-0.05, 0) is 38.3 Å². The van der Waals surface area contributed by atoms with Gasteiger partial charge in [0.05, 0.1) is 6.33 Å². The summed E-state index contributed by atoms with van der Waals surface area (Å²) in [6.07, 6.45) is 4.38. The van der Waals surface area contributed by atoms with Gasteiger partial charge in [0.25, 0.3) is 15.9 Å². The molecule has 0 saturated heterocycles. The number of pyridine rings is 1. The molecule has 1 aliphatic rings. The van der Waals surface area contributed by atoms with Crippen molar-refractivity contribution in [1.82, 2.24) is 14.5 Å². The Hall–Kier alpha value is -2.42. The van der Waals surface area contributed by atoms with Crippen molar-refractivity contribution in [1.29, 1.82) is 0 Å². The number of anilines is 1. The van der Waals surface area contributed by atoms with Crippen LogP contribution in [0.1, 0.15) is 42.4 Å². The van der Waals surface area contributed by atoms with Crippen molar-refractivity contribution in [3.63, 3.8) is 0 Å². The van der Waals surface area contributed by atoms with E-state index in [1.165, 1.54) is 22.9 Å². The lowest BCUT2D eigenvalue weighted by Gasteiger charge is -2.28. The fraction of sp³-hybridized carbons (Fsp3) is 0.400. The first-order chi connectivity index (χ1) is 11.3. The summed E-state index contributed by atoms with van der Waals surface area (Å²) in [7, 11) is -3.84. The van der Waals surface area contributed by atoms with E-state index in [4.69, 9.17) is 5.73 Å². The Morgan fingerprint density at radius 1 is 1.33 bits per heavy atom. The monoisotopic (exact) mass is 349 g/mol. The Balaban J connectivity index is 2.06. The van der Waals surface area contributed by atoms with Crippen LogP contribution in [0.15, 0.2) is 29.7 Å². The number of carbonyl (C=O) groups excluding carboxylic acids is 1. The van der Waals surface area contributed by atoms with Gasteiger partial charge in [-0.1, -0.05) is 6.07 Å². The number of aromatic nitrogens is 3. The fourth-order valence-electron chi connectivity index (χ4n) is 2.62. The predicted octanol–water partition coefficient (Wildman–Crippen LogP) is 1.10. The first kappa shape index (κ1) is 16.4. The first-order valence-corrected chi connectivity index (χ1v) is 9.10. The molecule has 1 aliphatic heterocycles. The van der Waals surface area contributed by atoms with Crippen molar-refractivity contribution in [2.45, 2.75) is 37.8 Å². The lowest BCUT2D eigenvalue weighted by Crippen LogP contribution is -2.37. The number of imidazole rings is 1. The summed E-state index contributed by atoms with van der Waals surface area (Å²) >= 11 is 0.